The van der Waals surface area contributed by atoms with Gasteiger partial charge in [-0.15, -0.1) is 0 Å². The first kappa shape index (κ1) is 14.5. The zero-order chi connectivity index (χ0) is 13.7. The van der Waals surface area contributed by atoms with Crippen LogP contribution in [0.15, 0.2) is 18.2 Å². The molecule has 1 rings (SSSR count). The molecule has 0 heterocycles. The van der Waals surface area contributed by atoms with Gasteiger partial charge in [0.2, 0.25) is 5.91 Å². The Bertz CT molecular complexity index is 416. The van der Waals surface area contributed by atoms with E-state index in [2.05, 4.69) is 5.32 Å². The van der Waals surface area contributed by atoms with Crippen LogP contribution in [0.5, 0.6) is 5.75 Å². The molecule has 2 N–H and O–H groups in total. The number of aliphatic hydroxyl groups is 1. The average molecular weight is 251 g/mol. The lowest BCUT2D eigenvalue weighted by atomic mass is 9.96. The van der Waals surface area contributed by atoms with E-state index in [1.807, 2.05) is 32.9 Å². The Balaban J connectivity index is 2.78. The van der Waals surface area contributed by atoms with Crippen LogP contribution in [0.2, 0.25) is 0 Å². The minimum Gasteiger partial charge on any atom is -0.496 e. The molecule has 0 spiro atoms. The van der Waals surface area contributed by atoms with Crippen LogP contribution in [0.3, 0.4) is 0 Å². The summed E-state index contributed by atoms with van der Waals surface area (Å²) in [7, 11) is 1.61. The molecular weight excluding hydrogens is 230 g/mol. The van der Waals surface area contributed by atoms with Gasteiger partial charge < -0.3 is 15.2 Å². The molecule has 0 fully saturated rings. The molecule has 1 atom stereocenters. The van der Waals surface area contributed by atoms with E-state index in [0.29, 0.717) is 0 Å². The predicted molar refractivity (Wildman–Crippen MR) is 71.8 cm³/mol. The number of hydrogen-bond acceptors (Lipinski definition) is 3. The highest BCUT2D eigenvalue weighted by atomic mass is 16.5. The molecule has 0 bridgehead atoms. The smallest absolute Gasteiger partial charge is 0.230 e. The first-order valence-electron chi connectivity index (χ1n) is 6.06. The second kappa shape index (κ2) is 6.40. The number of nitrogens with one attached hydrogen (secondary N) is 1. The van der Waals surface area contributed by atoms with Crippen molar-refractivity contribution in [2.45, 2.75) is 20.8 Å². The normalized spacial score (nSPS) is 12.3. The van der Waals surface area contributed by atoms with Crippen molar-refractivity contribution in [2.75, 3.05) is 19.0 Å². The zero-order valence-corrected chi connectivity index (χ0v) is 11.4. The van der Waals surface area contributed by atoms with Crippen LogP contribution < -0.4 is 10.1 Å². The molecule has 0 radical (unpaired) electrons. The molecule has 4 heteroatoms. The van der Waals surface area contributed by atoms with Crippen molar-refractivity contribution in [1.82, 2.24) is 0 Å². The molecule has 100 valence electrons. The molecule has 0 aromatic heterocycles. The number of aliphatic hydroxyl groups excluding tert-OH is 1. The number of carbonyl (C=O) groups excluding carboxylic acids is 1. The maximum atomic E-state index is 11.9. The van der Waals surface area contributed by atoms with Crippen molar-refractivity contribution in [1.29, 1.82) is 0 Å². The summed E-state index contributed by atoms with van der Waals surface area (Å²) >= 11 is 0. The van der Waals surface area contributed by atoms with Crippen LogP contribution in [0.25, 0.3) is 0 Å². The van der Waals surface area contributed by atoms with Gasteiger partial charge in [-0.3, -0.25) is 4.79 Å². The maximum absolute atomic E-state index is 11.9. The summed E-state index contributed by atoms with van der Waals surface area (Å²) < 4.78 is 5.16. The van der Waals surface area contributed by atoms with Crippen molar-refractivity contribution < 1.29 is 14.6 Å². The number of methoxy groups -OCH3 is 1. The Morgan fingerprint density at radius 2 is 2.11 bits per heavy atom. The molecule has 0 aliphatic rings. The van der Waals surface area contributed by atoms with Gasteiger partial charge in [-0.1, -0.05) is 13.8 Å². The quantitative estimate of drug-likeness (QED) is 0.843. The van der Waals surface area contributed by atoms with E-state index in [0.717, 1.165) is 17.0 Å². The van der Waals surface area contributed by atoms with Gasteiger partial charge >= 0.3 is 0 Å². The molecule has 0 saturated carbocycles. The fourth-order valence-corrected chi connectivity index (χ4v) is 1.79. The number of benzene rings is 1. The lowest BCUT2D eigenvalue weighted by molar-refractivity contribution is -0.122. The van der Waals surface area contributed by atoms with E-state index in [9.17, 15) is 9.90 Å². The first-order valence-corrected chi connectivity index (χ1v) is 6.06. The van der Waals surface area contributed by atoms with Gasteiger partial charge in [0.25, 0.3) is 0 Å². The summed E-state index contributed by atoms with van der Waals surface area (Å²) in [4.78, 5) is 11.9. The summed E-state index contributed by atoms with van der Waals surface area (Å²) in [5.41, 5.74) is 1.68. The molecule has 4 nitrogen and oxygen atoms in total. The van der Waals surface area contributed by atoms with Crippen LogP contribution in [0, 0.1) is 18.8 Å². The van der Waals surface area contributed by atoms with Gasteiger partial charge in [0.05, 0.1) is 19.6 Å². The number of amides is 1. The number of aryl methyl sites for hydroxylation is 1. The maximum Gasteiger partial charge on any atom is 0.230 e. The number of rotatable bonds is 5. The third-order valence-corrected chi connectivity index (χ3v) is 3.00. The van der Waals surface area contributed by atoms with Gasteiger partial charge in [0, 0.05) is 5.69 Å². The Morgan fingerprint density at radius 1 is 1.44 bits per heavy atom. The Labute approximate surface area is 108 Å². The number of hydrogen-bond donors (Lipinski definition) is 2. The SMILES string of the molecule is COc1ccc(NC(=O)C(CO)C(C)C)cc1C. The number of ether oxygens (including phenoxy) is 1. The topological polar surface area (TPSA) is 58.6 Å². The molecule has 0 saturated heterocycles. The summed E-state index contributed by atoms with van der Waals surface area (Å²) in [5.74, 6) is 0.356. The van der Waals surface area contributed by atoms with Crippen LogP contribution in [-0.4, -0.2) is 24.7 Å². The molecular formula is C14H21NO3. The standard InChI is InChI=1S/C14H21NO3/c1-9(2)12(8-16)14(17)15-11-5-6-13(18-4)10(3)7-11/h5-7,9,12,16H,8H2,1-4H3,(H,15,17). The molecule has 1 aromatic carbocycles. The average Bonchev–Trinajstić information content (AvgIpc) is 2.29. The minimum absolute atomic E-state index is 0.106. The number of carbonyl (C=O) groups is 1. The van der Waals surface area contributed by atoms with Crippen LogP contribution in [-0.2, 0) is 4.79 Å². The van der Waals surface area contributed by atoms with Gasteiger partial charge in [0.1, 0.15) is 5.75 Å². The van der Waals surface area contributed by atoms with Gasteiger partial charge in [0.15, 0.2) is 0 Å². The molecule has 18 heavy (non-hydrogen) atoms. The zero-order valence-electron chi connectivity index (χ0n) is 11.4. The van der Waals surface area contributed by atoms with Crippen molar-refractivity contribution >= 4 is 11.6 Å². The minimum atomic E-state index is -0.382. The summed E-state index contributed by atoms with van der Waals surface area (Å²) in [5, 5.41) is 12.0. The first-order chi connectivity index (χ1) is 8.49. The third kappa shape index (κ3) is 3.47. The lowest BCUT2D eigenvalue weighted by Crippen LogP contribution is -2.29. The van der Waals surface area contributed by atoms with E-state index in [-0.39, 0.29) is 24.3 Å². The highest BCUT2D eigenvalue weighted by molar-refractivity contribution is 5.93. The number of anilines is 1. The van der Waals surface area contributed by atoms with Gasteiger partial charge in [-0.05, 0) is 36.6 Å². The molecule has 1 aromatic rings. The second-order valence-corrected chi connectivity index (χ2v) is 4.71. The molecule has 1 amide bonds. The summed E-state index contributed by atoms with van der Waals surface area (Å²) in [6.07, 6.45) is 0. The van der Waals surface area contributed by atoms with Crippen LogP contribution in [0.4, 0.5) is 5.69 Å². The van der Waals surface area contributed by atoms with Crippen molar-refractivity contribution in [3.05, 3.63) is 23.8 Å². The van der Waals surface area contributed by atoms with E-state index in [4.69, 9.17) is 4.74 Å². The van der Waals surface area contributed by atoms with E-state index in [1.165, 1.54) is 0 Å². The predicted octanol–water partition coefficient (Wildman–Crippen LogP) is 2.21. The van der Waals surface area contributed by atoms with Crippen LogP contribution >= 0.6 is 0 Å². The van der Waals surface area contributed by atoms with E-state index in [1.54, 1.807) is 13.2 Å². The Hall–Kier alpha value is -1.55. The fraction of sp³-hybridized carbons (Fsp3) is 0.500. The monoisotopic (exact) mass is 251 g/mol. The van der Waals surface area contributed by atoms with Crippen molar-refractivity contribution in [2.24, 2.45) is 11.8 Å². The lowest BCUT2D eigenvalue weighted by Gasteiger charge is -2.18. The van der Waals surface area contributed by atoms with Crippen molar-refractivity contribution in [3.8, 4) is 5.75 Å². The largest absolute Gasteiger partial charge is 0.496 e. The van der Waals surface area contributed by atoms with Gasteiger partial charge in [-0.2, -0.15) is 0 Å². The summed E-state index contributed by atoms with van der Waals surface area (Å²) in [6, 6.07) is 5.46. The third-order valence-electron chi connectivity index (χ3n) is 3.00. The van der Waals surface area contributed by atoms with Crippen molar-refractivity contribution in [3.63, 3.8) is 0 Å². The molecule has 0 aliphatic carbocycles. The van der Waals surface area contributed by atoms with Crippen LogP contribution in [0.1, 0.15) is 19.4 Å². The molecule has 1 unspecified atom stereocenters. The second-order valence-electron chi connectivity index (χ2n) is 4.71. The molecule has 0 aliphatic heterocycles. The van der Waals surface area contributed by atoms with Gasteiger partial charge in [-0.25, -0.2) is 0 Å². The van der Waals surface area contributed by atoms with E-state index >= 15 is 0 Å². The van der Waals surface area contributed by atoms with E-state index < -0.39 is 0 Å². The summed E-state index contributed by atoms with van der Waals surface area (Å²) in [6.45, 7) is 5.61. The Morgan fingerprint density at radius 3 is 2.56 bits per heavy atom. The highest BCUT2D eigenvalue weighted by Gasteiger charge is 2.21. The fourth-order valence-electron chi connectivity index (χ4n) is 1.79. The Kier molecular flexibility index (Phi) is 5.16. The highest BCUT2D eigenvalue weighted by Crippen LogP contribution is 2.22.